The van der Waals surface area contributed by atoms with Crippen molar-refractivity contribution in [2.75, 3.05) is 19.0 Å². The van der Waals surface area contributed by atoms with Crippen LogP contribution >= 0.6 is 11.8 Å². The Kier molecular flexibility index (Phi) is 7.08. The van der Waals surface area contributed by atoms with Crippen molar-refractivity contribution in [1.29, 1.82) is 0 Å². The van der Waals surface area contributed by atoms with Crippen LogP contribution in [0.25, 0.3) is 10.9 Å². The quantitative estimate of drug-likeness (QED) is 0.433. The van der Waals surface area contributed by atoms with Crippen molar-refractivity contribution in [3.63, 3.8) is 0 Å². The van der Waals surface area contributed by atoms with Crippen molar-refractivity contribution >= 4 is 22.7 Å². The van der Waals surface area contributed by atoms with Crippen LogP contribution in [-0.4, -0.2) is 39.7 Å². The van der Waals surface area contributed by atoms with Crippen LogP contribution < -0.4 is 5.56 Å². The summed E-state index contributed by atoms with van der Waals surface area (Å²) in [6.07, 6.45) is 1.65. The molecule has 0 atom stereocenters. The third kappa shape index (κ3) is 5.06. The number of aromatic nitrogens is 2. The van der Waals surface area contributed by atoms with Crippen molar-refractivity contribution in [2.45, 2.75) is 44.5 Å². The Labute approximate surface area is 140 Å². The zero-order valence-corrected chi connectivity index (χ0v) is 14.5. The molecule has 0 bridgehead atoms. The Balaban J connectivity index is 2.24. The molecule has 0 aliphatic rings. The van der Waals surface area contributed by atoms with E-state index in [-0.39, 0.29) is 18.3 Å². The summed E-state index contributed by atoms with van der Waals surface area (Å²) in [5, 5.41) is 10.3. The third-order valence-corrected chi connectivity index (χ3v) is 4.40. The van der Waals surface area contributed by atoms with Crippen LogP contribution in [0.5, 0.6) is 0 Å². The molecule has 0 spiro atoms. The van der Waals surface area contributed by atoms with Crippen molar-refractivity contribution < 1.29 is 9.84 Å². The summed E-state index contributed by atoms with van der Waals surface area (Å²) in [6.45, 7) is 5.36. The number of nitrogens with zero attached hydrogens (tertiary/aromatic N) is 2. The van der Waals surface area contributed by atoms with Crippen LogP contribution in [0.15, 0.2) is 34.2 Å². The number of benzene rings is 1. The summed E-state index contributed by atoms with van der Waals surface area (Å²) in [7, 11) is 0. The lowest BCUT2D eigenvalue weighted by atomic mass is 10.2. The van der Waals surface area contributed by atoms with Gasteiger partial charge in [-0.2, -0.15) is 0 Å². The minimum Gasteiger partial charge on any atom is -0.396 e. The van der Waals surface area contributed by atoms with Crippen LogP contribution in [0.4, 0.5) is 0 Å². The van der Waals surface area contributed by atoms with Crippen LogP contribution in [0.2, 0.25) is 0 Å². The fourth-order valence-corrected chi connectivity index (χ4v) is 3.17. The lowest BCUT2D eigenvalue weighted by Crippen LogP contribution is -2.24. The number of para-hydroxylation sites is 1. The van der Waals surface area contributed by atoms with Gasteiger partial charge in [0.2, 0.25) is 0 Å². The number of aliphatic hydroxyl groups is 1. The molecule has 6 heteroatoms. The molecule has 1 aromatic heterocycles. The van der Waals surface area contributed by atoms with Gasteiger partial charge in [-0.25, -0.2) is 4.98 Å². The first-order chi connectivity index (χ1) is 11.1. The zero-order chi connectivity index (χ0) is 16.7. The molecule has 2 rings (SSSR count). The first kappa shape index (κ1) is 18.0. The van der Waals surface area contributed by atoms with Crippen molar-refractivity contribution in [1.82, 2.24) is 9.55 Å². The minimum absolute atomic E-state index is 0.00774. The van der Waals surface area contributed by atoms with Gasteiger partial charge in [0.25, 0.3) is 5.56 Å². The second-order valence-corrected chi connectivity index (χ2v) is 6.63. The van der Waals surface area contributed by atoms with E-state index in [2.05, 4.69) is 4.98 Å². The molecule has 0 unspecified atom stereocenters. The molecule has 126 valence electrons. The van der Waals surface area contributed by atoms with Crippen molar-refractivity contribution in [3.05, 3.63) is 34.6 Å². The molecule has 0 radical (unpaired) electrons. The molecule has 0 saturated heterocycles. The molecule has 0 aliphatic carbocycles. The Morgan fingerprint density at radius 2 is 2.09 bits per heavy atom. The summed E-state index contributed by atoms with van der Waals surface area (Å²) in [5.74, 6) is 0.740. The van der Waals surface area contributed by atoms with Gasteiger partial charge >= 0.3 is 0 Å². The smallest absolute Gasteiger partial charge is 0.262 e. The molecule has 1 aromatic carbocycles. The number of hydrogen-bond donors (Lipinski definition) is 1. The molecule has 2 aromatic rings. The van der Waals surface area contributed by atoms with E-state index in [1.807, 2.05) is 38.1 Å². The maximum Gasteiger partial charge on any atom is 0.262 e. The maximum absolute atomic E-state index is 12.7. The van der Waals surface area contributed by atoms with Gasteiger partial charge in [0.1, 0.15) is 0 Å². The highest BCUT2D eigenvalue weighted by Crippen LogP contribution is 2.18. The average molecular weight is 336 g/mol. The van der Waals surface area contributed by atoms with E-state index in [9.17, 15) is 4.79 Å². The number of ether oxygens (including phenoxy) is 1. The molecule has 1 heterocycles. The lowest BCUT2D eigenvalue weighted by molar-refractivity contribution is 0.0743. The predicted molar refractivity (Wildman–Crippen MR) is 94.1 cm³/mol. The summed E-state index contributed by atoms with van der Waals surface area (Å²) in [4.78, 5) is 17.4. The normalized spacial score (nSPS) is 11.5. The van der Waals surface area contributed by atoms with Gasteiger partial charge in [-0.1, -0.05) is 23.9 Å². The highest BCUT2D eigenvalue weighted by Gasteiger charge is 2.11. The minimum atomic E-state index is -0.00774. The van der Waals surface area contributed by atoms with Gasteiger partial charge in [-0.05, 0) is 38.8 Å². The summed E-state index contributed by atoms with van der Waals surface area (Å²) >= 11 is 1.52. The van der Waals surface area contributed by atoms with E-state index < -0.39 is 0 Å². The number of thioether (sulfide) groups is 1. The Morgan fingerprint density at radius 1 is 1.30 bits per heavy atom. The SMILES string of the molecule is CC(C)OCCCn1c(SCCCO)nc2ccccc2c1=O. The van der Waals surface area contributed by atoms with E-state index in [1.165, 1.54) is 11.8 Å². The highest BCUT2D eigenvalue weighted by molar-refractivity contribution is 7.99. The van der Waals surface area contributed by atoms with Gasteiger partial charge in [0.15, 0.2) is 5.16 Å². The first-order valence-corrected chi connectivity index (χ1v) is 8.97. The van der Waals surface area contributed by atoms with Gasteiger partial charge < -0.3 is 9.84 Å². The van der Waals surface area contributed by atoms with Gasteiger partial charge in [0.05, 0.1) is 17.0 Å². The fourth-order valence-electron chi connectivity index (χ4n) is 2.22. The fraction of sp³-hybridized carbons (Fsp3) is 0.529. The summed E-state index contributed by atoms with van der Waals surface area (Å²) in [6, 6.07) is 7.42. The summed E-state index contributed by atoms with van der Waals surface area (Å²) < 4.78 is 7.28. The number of fused-ring (bicyclic) bond motifs is 1. The molecular formula is C17H24N2O3S. The van der Waals surface area contributed by atoms with E-state index in [1.54, 1.807) is 4.57 Å². The number of aliphatic hydroxyl groups excluding tert-OH is 1. The second-order valence-electron chi connectivity index (χ2n) is 5.57. The Morgan fingerprint density at radius 3 is 2.83 bits per heavy atom. The molecule has 0 aliphatic heterocycles. The van der Waals surface area contributed by atoms with Gasteiger partial charge in [-0.15, -0.1) is 0 Å². The van der Waals surface area contributed by atoms with Crippen molar-refractivity contribution in [3.8, 4) is 0 Å². The second kappa shape index (κ2) is 9.05. The van der Waals surface area contributed by atoms with Crippen LogP contribution in [0.3, 0.4) is 0 Å². The highest BCUT2D eigenvalue weighted by atomic mass is 32.2. The topological polar surface area (TPSA) is 64.3 Å². The molecule has 5 nitrogen and oxygen atoms in total. The molecule has 23 heavy (non-hydrogen) atoms. The van der Waals surface area contributed by atoms with Crippen LogP contribution in [0, 0.1) is 0 Å². The van der Waals surface area contributed by atoms with Crippen LogP contribution in [0.1, 0.15) is 26.7 Å². The molecule has 1 N–H and O–H groups in total. The molecule has 0 saturated carbocycles. The van der Waals surface area contributed by atoms with Gasteiger partial charge in [0, 0.05) is 25.5 Å². The Hall–Kier alpha value is -1.37. The zero-order valence-electron chi connectivity index (χ0n) is 13.7. The number of hydrogen-bond acceptors (Lipinski definition) is 5. The van der Waals surface area contributed by atoms with E-state index in [0.29, 0.717) is 30.1 Å². The molecule has 0 amide bonds. The van der Waals surface area contributed by atoms with Gasteiger partial charge in [-0.3, -0.25) is 9.36 Å². The largest absolute Gasteiger partial charge is 0.396 e. The van der Waals surface area contributed by atoms with E-state index in [0.717, 1.165) is 17.7 Å². The van der Waals surface area contributed by atoms with Crippen molar-refractivity contribution in [2.24, 2.45) is 0 Å². The Bertz CT molecular complexity index is 685. The average Bonchev–Trinajstić information content (AvgIpc) is 2.53. The van der Waals surface area contributed by atoms with E-state index in [4.69, 9.17) is 9.84 Å². The standard InChI is InChI=1S/C17H24N2O3S/c1-13(2)22-11-5-9-19-16(21)14-7-3-4-8-15(14)18-17(19)23-12-6-10-20/h3-4,7-8,13,20H,5-6,9-12H2,1-2H3. The van der Waals surface area contributed by atoms with Crippen LogP contribution in [-0.2, 0) is 11.3 Å². The third-order valence-electron chi connectivity index (χ3n) is 3.34. The number of rotatable bonds is 9. The molecule has 0 fully saturated rings. The summed E-state index contributed by atoms with van der Waals surface area (Å²) in [5.41, 5.74) is 0.713. The molecular weight excluding hydrogens is 312 g/mol. The maximum atomic E-state index is 12.7. The first-order valence-electron chi connectivity index (χ1n) is 7.98. The lowest BCUT2D eigenvalue weighted by Gasteiger charge is -2.13. The monoisotopic (exact) mass is 336 g/mol. The van der Waals surface area contributed by atoms with E-state index >= 15 is 0 Å². The predicted octanol–water partition coefficient (Wildman–Crippen LogP) is 2.69.